The second-order valence-corrected chi connectivity index (χ2v) is 6.01. The van der Waals surface area contributed by atoms with Crippen LogP contribution < -0.4 is 5.32 Å². The Morgan fingerprint density at radius 1 is 1.32 bits per heavy atom. The van der Waals surface area contributed by atoms with E-state index in [0.29, 0.717) is 10.6 Å². The highest BCUT2D eigenvalue weighted by Gasteiger charge is 2.12. The second kappa shape index (κ2) is 7.02. The van der Waals surface area contributed by atoms with Crippen molar-refractivity contribution in [3.05, 3.63) is 58.4 Å². The van der Waals surface area contributed by atoms with Crippen LogP contribution in [-0.4, -0.2) is 30.5 Å². The highest BCUT2D eigenvalue weighted by atomic mass is 35.5. The molecule has 0 unspecified atom stereocenters. The third kappa shape index (κ3) is 4.03. The van der Waals surface area contributed by atoms with Crippen molar-refractivity contribution in [3.8, 4) is 0 Å². The first kappa shape index (κ1) is 17.1. The van der Waals surface area contributed by atoms with E-state index in [2.05, 4.69) is 20.5 Å². The maximum atomic E-state index is 13.8. The Morgan fingerprint density at radius 2 is 2.12 bits per heavy atom. The topological polar surface area (TPSA) is 77.6 Å². The van der Waals surface area contributed by atoms with E-state index in [9.17, 15) is 9.18 Å². The number of aryl methyl sites for hydroxylation is 2. The summed E-state index contributed by atoms with van der Waals surface area (Å²) in [6.07, 6.45) is 1.40. The number of hydrogen-bond donors (Lipinski definition) is 1. The standard InChI is InChI=1S/C16H16ClFN6O/c1-10-6-11(2)24(21-10)8-15(25)20-16-19-9-23(22-16)7-12-13(17)4-3-5-14(12)18/h3-6,9H,7-8H2,1-2H3,(H,20,22,25). The van der Waals surface area contributed by atoms with E-state index in [1.807, 2.05) is 19.9 Å². The first-order valence-corrected chi connectivity index (χ1v) is 7.93. The van der Waals surface area contributed by atoms with E-state index in [1.165, 1.54) is 23.1 Å². The number of anilines is 1. The molecule has 25 heavy (non-hydrogen) atoms. The van der Waals surface area contributed by atoms with Gasteiger partial charge < -0.3 is 0 Å². The zero-order chi connectivity index (χ0) is 18.0. The number of benzene rings is 1. The normalized spacial score (nSPS) is 10.9. The molecule has 1 N–H and O–H groups in total. The van der Waals surface area contributed by atoms with Crippen LogP contribution in [0.1, 0.15) is 17.0 Å². The van der Waals surface area contributed by atoms with Crippen molar-refractivity contribution in [3.63, 3.8) is 0 Å². The lowest BCUT2D eigenvalue weighted by molar-refractivity contribution is -0.117. The van der Waals surface area contributed by atoms with Gasteiger partial charge in [0.25, 0.3) is 0 Å². The molecular weight excluding hydrogens is 347 g/mol. The summed E-state index contributed by atoms with van der Waals surface area (Å²) in [5.41, 5.74) is 2.05. The molecule has 0 radical (unpaired) electrons. The van der Waals surface area contributed by atoms with Crippen molar-refractivity contribution in [1.29, 1.82) is 0 Å². The molecular formula is C16H16ClFN6O. The van der Waals surface area contributed by atoms with Gasteiger partial charge in [0.2, 0.25) is 11.9 Å². The molecule has 2 aromatic heterocycles. The Morgan fingerprint density at radius 3 is 2.80 bits per heavy atom. The molecule has 0 saturated heterocycles. The van der Waals surface area contributed by atoms with Crippen molar-refractivity contribution >= 4 is 23.5 Å². The van der Waals surface area contributed by atoms with Crippen molar-refractivity contribution in [2.75, 3.05) is 5.32 Å². The fourth-order valence-electron chi connectivity index (χ4n) is 2.41. The Bertz CT molecular complexity index is 899. The van der Waals surface area contributed by atoms with Gasteiger partial charge in [-0.25, -0.2) is 14.1 Å². The predicted octanol–water partition coefficient (Wildman–Crippen LogP) is 2.57. The van der Waals surface area contributed by atoms with E-state index in [-0.39, 0.29) is 24.9 Å². The molecule has 1 amide bonds. The number of aromatic nitrogens is 5. The van der Waals surface area contributed by atoms with Crippen LogP contribution in [0.3, 0.4) is 0 Å². The molecule has 0 bridgehead atoms. The first-order valence-electron chi connectivity index (χ1n) is 7.55. The molecule has 9 heteroatoms. The molecule has 0 atom stereocenters. The molecule has 0 spiro atoms. The average Bonchev–Trinajstić information content (AvgIpc) is 3.09. The van der Waals surface area contributed by atoms with E-state index in [1.54, 1.807) is 10.7 Å². The van der Waals surface area contributed by atoms with Crippen LogP contribution in [0.4, 0.5) is 10.3 Å². The van der Waals surface area contributed by atoms with Gasteiger partial charge >= 0.3 is 0 Å². The minimum absolute atomic E-state index is 0.0629. The Labute approximate surface area is 148 Å². The maximum absolute atomic E-state index is 13.8. The van der Waals surface area contributed by atoms with Gasteiger partial charge in [0.15, 0.2) is 0 Å². The van der Waals surface area contributed by atoms with Crippen LogP contribution in [0.5, 0.6) is 0 Å². The third-order valence-corrected chi connectivity index (χ3v) is 3.92. The van der Waals surface area contributed by atoms with Gasteiger partial charge in [-0.15, -0.1) is 5.10 Å². The zero-order valence-electron chi connectivity index (χ0n) is 13.7. The molecule has 3 rings (SSSR count). The summed E-state index contributed by atoms with van der Waals surface area (Å²) >= 11 is 6.00. The number of carbonyl (C=O) groups excluding carboxylic acids is 1. The van der Waals surface area contributed by atoms with Crippen LogP contribution >= 0.6 is 11.6 Å². The largest absolute Gasteiger partial charge is 0.292 e. The van der Waals surface area contributed by atoms with Gasteiger partial charge in [-0.3, -0.25) is 14.8 Å². The molecule has 2 heterocycles. The van der Waals surface area contributed by atoms with Crippen LogP contribution in [0.25, 0.3) is 0 Å². The lowest BCUT2D eigenvalue weighted by Crippen LogP contribution is -2.21. The molecule has 0 aliphatic heterocycles. The van der Waals surface area contributed by atoms with Crippen LogP contribution in [0, 0.1) is 19.7 Å². The minimum atomic E-state index is -0.418. The van der Waals surface area contributed by atoms with Crippen molar-refractivity contribution in [1.82, 2.24) is 24.5 Å². The molecule has 7 nitrogen and oxygen atoms in total. The summed E-state index contributed by atoms with van der Waals surface area (Å²) in [5.74, 6) is -0.579. The highest BCUT2D eigenvalue weighted by Crippen LogP contribution is 2.19. The number of halogens is 2. The Kier molecular flexibility index (Phi) is 4.80. The lowest BCUT2D eigenvalue weighted by Gasteiger charge is -2.05. The summed E-state index contributed by atoms with van der Waals surface area (Å²) in [6.45, 7) is 3.91. The van der Waals surface area contributed by atoms with Gasteiger partial charge in [-0.1, -0.05) is 17.7 Å². The monoisotopic (exact) mass is 362 g/mol. The SMILES string of the molecule is Cc1cc(C)n(CC(=O)Nc2ncn(Cc3c(F)cccc3Cl)n2)n1. The van der Waals surface area contributed by atoms with Crippen molar-refractivity contribution in [2.45, 2.75) is 26.9 Å². The van der Waals surface area contributed by atoms with Gasteiger partial charge in [0.05, 0.1) is 12.2 Å². The number of hydrogen-bond acceptors (Lipinski definition) is 4. The number of carbonyl (C=O) groups is 1. The molecule has 0 aliphatic carbocycles. The molecule has 3 aromatic rings. The van der Waals surface area contributed by atoms with Gasteiger partial charge in [-0.2, -0.15) is 5.10 Å². The van der Waals surface area contributed by atoms with E-state index < -0.39 is 5.82 Å². The van der Waals surface area contributed by atoms with Gasteiger partial charge in [-0.05, 0) is 32.0 Å². The molecule has 0 fully saturated rings. The summed E-state index contributed by atoms with van der Waals surface area (Å²) in [4.78, 5) is 16.1. The van der Waals surface area contributed by atoms with Crippen molar-refractivity contribution in [2.24, 2.45) is 0 Å². The lowest BCUT2D eigenvalue weighted by atomic mass is 10.2. The highest BCUT2D eigenvalue weighted by molar-refractivity contribution is 6.31. The summed E-state index contributed by atoms with van der Waals surface area (Å²) < 4.78 is 16.8. The Balaban J connectivity index is 1.65. The summed E-state index contributed by atoms with van der Waals surface area (Å²) in [7, 11) is 0. The van der Waals surface area contributed by atoms with Gasteiger partial charge in [0.1, 0.15) is 18.7 Å². The van der Waals surface area contributed by atoms with E-state index in [0.717, 1.165) is 11.4 Å². The molecule has 1 aromatic carbocycles. The maximum Gasteiger partial charge on any atom is 0.248 e. The average molecular weight is 363 g/mol. The third-order valence-electron chi connectivity index (χ3n) is 3.57. The van der Waals surface area contributed by atoms with E-state index >= 15 is 0 Å². The quantitative estimate of drug-likeness (QED) is 0.756. The van der Waals surface area contributed by atoms with E-state index in [4.69, 9.17) is 11.6 Å². The molecule has 0 aliphatic rings. The number of nitrogens with one attached hydrogen (secondary N) is 1. The van der Waals surface area contributed by atoms with Crippen LogP contribution in [-0.2, 0) is 17.9 Å². The second-order valence-electron chi connectivity index (χ2n) is 5.60. The fourth-order valence-corrected chi connectivity index (χ4v) is 2.63. The summed E-state index contributed by atoms with van der Waals surface area (Å²) in [5, 5.41) is 11.2. The smallest absolute Gasteiger partial charge is 0.248 e. The Hall–Kier alpha value is -2.74. The van der Waals surface area contributed by atoms with Crippen molar-refractivity contribution < 1.29 is 9.18 Å². The predicted molar refractivity (Wildman–Crippen MR) is 90.9 cm³/mol. The van der Waals surface area contributed by atoms with Gasteiger partial charge in [0, 0.05) is 16.3 Å². The zero-order valence-corrected chi connectivity index (χ0v) is 14.5. The van der Waals surface area contributed by atoms with Crippen LogP contribution in [0.15, 0.2) is 30.6 Å². The molecule has 0 saturated carbocycles. The van der Waals surface area contributed by atoms with Crippen LogP contribution in [0.2, 0.25) is 5.02 Å². The fraction of sp³-hybridized carbons (Fsp3) is 0.250. The minimum Gasteiger partial charge on any atom is -0.292 e. The number of nitrogens with zero attached hydrogens (tertiary/aromatic N) is 5. The number of amides is 1. The first-order chi connectivity index (χ1) is 11.9. The molecule has 130 valence electrons. The number of rotatable bonds is 5. The summed E-state index contributed by atoms with van der Waals surface area (Å²) in [6, 6.07) is 6.36.